The van der Waals surface area contributed by atoms with Crippen molar-refractivity contribution in [3.63, 3.8) is 0 Å². The third-order valence-electron chi connectivity index (χ3n) is 3.29. The maximum Gasteiger partial charge on any atom is 0.251 e. The lowest BCUT2D eigenvalue weighted by molar-refractivity contribution is -0.135. The monoisotopic (exact) mass is 294 g/mol. The lowest BCUT2D eigenvalue weighted by Crippen LogP contribution is -2.41. The Hall–Kier alpha value is -1.95. The molecule has 1 fully saturated rings. The second-order valence-electron chi connectivity index (χ2n) is 4.91. The number of halogens is 1. The number of carbonyl (C=O) groups excluding carboxylic acids is 2. The second-order valence-corrected chi connectivity index (χ2v) is 4.91. The summed E-state index contributed by atoms with van der Waals surface area (Å²) in [6, 6.07) is 5.30. The van der Waals surface area contributed by atoms with E-state index < -0.39 is 0 Å². The van der Waals surface area contributed by atoms with E-state index >= 15 is 0 Å². The Balaban J connectivity index is 1.66. The number of benzene rings is 1. The van der Waals surface area contributed by atoms with E-state index in [2.05, 4.69) is 10.6 Å². The number of nitrogens with one attached hydrogen (secondary N) is 2. The van der Waals surface area contributed by atoms with E-state index in [4.69, 9.17) is 4.74 Å². The van der Waals surface area contributed by atoms with Gasteiger partial charge >= 0.3 is 0 Å². The van der Waals surface area contributed by atoms with Gasteiger partial charge in [0.2, 0.25) is 5.91 Å². The van der Waals surface area contributed by atoms with Crippen LogP contribution in [0.3, 0.4) is 0 Å². The maximum absolute atomic E-state index is 12.7. The van der Waals surface area contributed by atoms with Gasteiger partial charge < -0.3 is 15.4 Å². The predicted molar refractivity (Wildman–Crippen MR) is 75.3 cm³/mol. The van der Waals surface area contributed by atoms with Gasteiger partial charge in [0.1, 0.15) is 11.9 Å². The molecule has 0 spiro atoms. The number of hydrogen-bond acceptors (Lipinski definition) is 3. The molecule has 0 aliphatic carbocycles. The van der Waals surface area contributed by atoms with Crippen molar-refractivity contribution in [2.24, 2.45) is 0 Å². The summed E-state index contributed by atoms with van der Waals surface area (Å²) in [5, 5.41) is 5.39. The van der Waals surface area contributed by atoms with Crippen molar-refractivity contribution >= 4 is 11.8 Å². The van der Waals surface area contributed by atoms with Crippen LogP contribution in [0, 0.1) is 5.82 Å². The van der Waals surface area contributed by atoms with Crippen molar-refractivity contribution in [1.82, 2.24) is 10.6 Å². The van der Waals surface area contributed by atoms with Gasteiger partial charge in [0.25, 0.3) is 5.91 Å². The zero-order valence-electron chi connectivity index (χ0n) is 11.7. The fourth-order valence-electron chi connectivity index (χ4n) is 2.13. The highest BCUT2D eigenvalue weighted by Gasteiger charge is 2.21. The second kappa shape index (κ2) is 7.73. The summed E-state index contributed by atoms with van der Waals surface area (Å²) in [4.78, 5) is 23.5. The maximum atomic E-state index is 12.7. The van der Waals surface area contributed by atoms with Gasteiger partial charge in [-0.3, -0.25) is 9.59 Å². The Kier molecular flexibility index (Phi) is 5.68. The first kappa shape index (κ1) is 15.4. The molecule has 0 saturated carbocycles. The first-order valence-corrected chi connectivity index (χ1v) is 7.10. The van der Waals surface area contributed by atoms with E-state index in [1.807, 2.05) is 0 Å². The zero-order chi connectivity index (χ0) is 15.1. The van der Waals surface area contributed by atoms with Crippen molar-refractivity contribution in [3.8, 4) is 0 Å². The van der Waals surface area contributed by atoms with Gasteiger partial charge in [-0.15, -0.1) is 0 Å². The summed E-state index contributed by atoms with van der Waals surface area (Å²) in [5.41, 5.74) is 0.387. The van der Waals surface area contributed by atoms with Crippen molar-refractivity contribution in [2.75, 3.05) is 19.7 Å². The number of hydrogen-bond donors (Lipinski definition) is 2. The van der Waals surface area contributed by atoms with Crippen LogP contribution >= 0.6 is 0 Å². The van der Waals surface area contributed by atoms with E-state index in [-0.39, 0.29) is 23.7 Å². The van der Waals surface area contributed by atoms with Crippen LogP contribution in [0.5, 0.6) is 0 Å². The summed E-state index contributed by atoms with van der Waals surface area (Å²) < 4.78 is 18.1. The lowest BCUT2D eigenvalue weighted by Gasteiger charge is -2.21. The average Bonchev–Trinajstić information content (AvgIpc) is 2.52. The van der Waals surface area contributed by atoms with E-state index in [1.165, 1.54) is 24.3 Å². The van der Waals surface area contributed by atoms with Crippen molar-refractivity contribution in [3.05, 3.63) is 35.6 Å². The quantitative estimate of drug-likeness (QED) is 0.803. The average molecular weight is 294 g/mol. The molecule has 0 radical (unpaired) electrons. The SMILES string of the molecule is O=C(NCCNC(=O)C1CCCCO1)c1ccc(F)cc1. The summed E-state index contributed by atoms with van der Waals surface area (Å²) in [5.74, 6) is -0.810. The van der Waals surface area contributed by atoms with Gasteiger partial charge in [-0.1, -0.05) is 0 Å². The molecule has 1 unspecified atom stereocenters. The summed E-state index contributed by atoms with van der Waals surface area (Å²) >= 11 is 0. The highest BCUT2D eigenvalue weighted by Crippen LogP contribution is 2.12. The van der Waals surface area contributed by atoms with Crippen LogP contribution in [-0.4, -0.2) is 37.6 Å². The topological polar surface area (TPSA) is 67.4 Å². The zero-order valence-corrected chi connectivity index (χ0v) is 11.7. The summed E-state index contributed by atoms with van der Waals surface area (Å²) in [7, 11) is 0. The molecular formula is C15H19FN2O3. The molecule has 2 rings (SSSR count). The first-order chi connectivity index (χ1) is 10.2. The van der Waals surface area contributed by atoms with Gasteiger partial charge in [0.05, 0.1) is 0 Å². The van der Waals surface area contributed by atoms with E-state index in [9.17, 15) is 14.0 Å². The number of amides is 2. The predicted octanol–water partition coefficient (Wildman–Crippen LogP) is 1.24. The van der Waals surface area contributed by atoms with Crippen LogP contribution in [-0.2, 0) is 9.53 Å². The Morgan fingerprint density at radius 3 is 2.52 bits per heavy atom. The minimum absolute atomic E-state index is 0.134. The van der Waals surface area contributed by atoms with Crippen LogP contribution in [0.25, 0.3) is 0 Å². The van der Waals surface area contributed by atoms with Gasteiger partial charge in [-0.25, -0.2) is 4.39 Å². The molecule has 1 aliphatic heterocycles. The Morgan fingerprint density at radius 2 is 1.86 bits per heavy atom. The molecule has 2 amide bonds. The van der Waals surface area contributed by atoms with Crippen LogP contribution in [0.2, 0.25) is 0 Å². The molecule has 2 N–H and O–H groups in total. The fraction of sp³-hybridized carbons (Fsp3) is 0.467. The van der Waals surface area contributed by atoms with Crippen LogP contribution in [0.4, 0.5) is 4.39 Å². The minimum atomic E-state index is -0.383. The Morgan fingerprint density at radius 1 is 1.14 bits per heavy atom. The van der Waals surface area contributed by atoms with Gasteiger partial charge in [-0.05, 0) is 43.5 Å². The molecule has 1 aliphatic rings. The van der Waals surface area contributed by atoms with Gasteiger partial charge in [0, 0.05) is 25.3 Å². The first-order valence-electron chi connectivity index (χ1n) is 7.10. The highest BCUT2D eigenvalue weighted by molar-refractivity contribution is 5.94. The third-order valence-corrected chi connectivity index (χ3v) is 3.29. The molecule has 6 heteroatoms. The molecule has 21 heavy (non-hydrogen) atoms. The summed E-state index contributed by atoms with van der Waals surface area (Å²) in [6.45, 7) is 1.28. The molecule has 1 aromatic carbocycles. The molecule has 114 valence electrons. The molecule has 0 aromatic heterocycles. The van der Waals surface area contributed by atoms with Gasteiger partial charge in [0.15, 0.2) is 0 Å². The normalized spacial score (nSPS) is 18.0. The smallest absolute Gasteiger partial charge is 0.251 e. The standard InChI is InChI=1S/C15H19FN2O3/c16-12-6-4-11(5-7-12)14(19)17-8-9-18-15(20)13-3-1-2-10-21-13/h4-7,13H,1-3,8-10H2,(H,17,19)(H,18,20). The number of carbonyl (C=O) groups is 2. The fourth-order valence-corrected chi connectivity index (χ4v) is 2.13. The number of rotatable bonds is 5. The van der Waals surface area contributed by atoms with Crippen LogP contribution in [0.1, 0.15) is 29.6 Å². The Labute approximate surface area is 122 Å². The summed E-state index contributed by atoms with van der Waals surface area (Å²) in [6.07, 6.45) is 2.37. The highest BCUT2D eigenvalue weighted by atomic mass is 19.1. The lowest BCUT2D eigenvalue weighted by atomic mass is 10.1. The molecule has 1 atom stereocenters. The molecule has 5 nitrogen and oxygen atoms in total. The minimum Gasteiger partial charge on any atom is -0.368 e. The largest absolute Gasteiger partial charge is 0.368 e. The van der Waals surface area contributed by atoms with Crippen LogP contribution in [0.15, 0.2) is 24.3 Å². The number of ether oxygens (including phenoxy) is 1. The molecular weight excluding hydrogens is 275 g/mol. The molecule has 1 aromatic rings. The Bertz CT molecular complexity index is 484. The van der Waals surface area contributed by atoms with E-state index in [0.29, 0.717) is 25.3 Å². The van der Waals surface area contributed by atoms with E-state index in [0.717, 1.165) is 19.3 Å². The van der Waals surface area contributed by atoms with Gasteiger partial charge in [-0.2, -0.15) is 0 Å². The molecule has 0 bridgehead atoms. The van der Waals surface area contributed by atoms with Crippen LogP contribution < -0.4 is 10.6 Å². The van der Waals surface area contributed by atoms with Crippen molar-refractivity contribution in [2.45, 2.75) is 25.4 Å². The molecule has 1 heterocycles. The van der Waals surface area contributed by atoms with Crippen molar-refractivity contribution in [1.29, 1.82) is 0 Å². The third kappa shape index (κ3) is 4.82. The van der Waals surface area contributed by atoms with Crippen molar-refractivity contribution < 1.29 is 18.7 Å². The molecule has 1 saturated heterocycles. The van der Waals surface area contributed by atoms with E-state index in [1.54, 1.807) is 0 Å².